The van der Waals surface area contributed by atoms with Crippen LogP contribution in [0.5, 0.6) is 0 Å². The zero-order valence-electron chi connectivity index (χ0n) is 12.3. The SMILES string of the molecule is Cc1ccccc1[C@H](C)NC[C@H](O)CN1CCCC1=O. The van der Waals surface area contributed by atoms with Crippen molar-refractivity contribution in [2.75, 3.05) is 19.6 Å². The number of hydrogen-bond donors (Lipinski definition) is 2. The van der Waals surface area contributed by atoms with Gasteiger partial charge in [0.05, 0.1) is 6.10 Å². The maximum Gasteiger partial charge on any atom is 0.222 e. The molecule has 1 saturated heterocycles. The Morgan fingerprint density at radius 3 is 2.80 bits per heavy atom. The van der Waals surface area contributed by atoms with Crippen molar-refractivity contribution in [3.63, 3.8) is 0 Å². The molecule has 2 rings (SSSR count). The molecule has 0 radical (unpaired) electrons. The fourth-order valence-electron chi connectivity index (χ4n) is 2.71. The second-order valence-electron chi connectivity index (χ2n) is 5.58. The summed E-state index contributed by atoms with van der Waals surface area (Å²) in [4.78, 5) is 13.3. The van der Waals surface area contributed by atoms with Gasteiger partial charge in [0.15, 0.2) is 0 Å². The van der Waals surface area contributed by atoms with Crippen molar-refractivity contribution < 1.29 is 9.90 Å². The predicted molar refractivity (Wildman–Crippen MR) is 79.4 cm³/mol. The molecular formula is C16H24N2O2. The highest BCUT2D eigenvalue weighted by molar-refractivity contribution is 5.78. The molecule has 2 atom stereocenters. The molecule has 0 saturated carbocycles. The molecule has 1 fully saturated rings. The number of amides is 1. The molecule has 1 aliphatic heterocycles. The van der Waals surface area contributed by atoms with Crippen molar-refractivity contribution >= 4 is 5.91 Å². The number of likely N-dealkylation sites (tertiary alicyclic amines) is 1. The minimum absolute atomic E-state index is 0.163. The number of aliphatic hydroxyl groups is 1. The summed E-state index contributed by atoms with van der Waals surface area (Å²) >= 11 is 0. The lowest BCUT2D eigenvalue weighted by atomic mass is 10.0. The highest BCUT2D eigenvalue weighted by atomic mass is 16.3. The zero-order valence-corrected chi connectivity index (χ0v) is 12.3. The summed E-state index contributed by atoms with van der Waals surface area (Å²) in [6.07, 6.45) is 1.03. The van der Waals surface area contributed by atoms with Crippen LogP contribution in [0.15, 0.2) is 24.3 Å². The van der Waals surface area contributed by atoms with Crippen LogP contribution in [0.2, 0.25) is 0 Å². The molecule has 1 amide bonds. The minimum Gasteiger partial charge on any atom is -0.390 e. The summed E-state index contributed by atoms with van der Waals surface area (Å²) in [6, 6.07) is 8.44. The first-order chi connectivity index (χ1) is 9.58. The minimum atomic E-state index is -0.511. The third-order valence-corrected chi connectivity index (χ3v) is 3.92. The van der Waals surface area contributed by atoms with E-state index in [0.717, 1.165) is 13.0 Å². The van der Waals surface area contributed by atoms with Crippen LogP contribution in [0.1, 0.15) is 36.9 Å². The average Bonchev–Trinajstić information content (AvgIpc) is 2.82. The van der Waals surface area contributed by atoms with Gasteiger partial charge in [-0.05, 0) is 31.4 Å². The molecule has 0 spiro atoms. The average molecular weight is 276 g/mol. The van der Waals surface area contributed by atoms with Crippen LogP contribution in [0.25, 0.3) is 0 Å². The summed E-state index contributed by atoms with van der Waals surface area (Å²) < 4.78 is 0. The number of β-amino-alcohol motifs (C(OH)–C–C–N with tert-alkyl or cyclic N) is 1. The van der Waals surface area contributed by atoms with E-state index in [4.69, 9.17) is 0 Å². The van der Waals surface area contributed by atoms with Crippen LogP contribution in [0.3, 0.4) is 0 Å². The Bertz CT molecular complexity index is 462. The number of aryl methyl sites for hydroxylation is 1. The Balaban J connectivity index is 1.79. The van der Waals surface area contributed by atoms with Crippen molar-refractivity contribution in [3.05, 3.63) is 35.4 Å². The monoisotopic (exact) mass is 276 g/mol. The Morgan fingerprint density at radius 1 is 1.40 bits per heavy atom. The Kier molecular flexibility index (Phi) is 5.15. The number of benzene rings is 1. The Morgan fingerprint density at radius 2 is 2.15 bits per heavy atom. The molecule has 4 heteroatoms. The number of carbonyl (C=O) groups is 1. The predicted octanol–water partition coefficient (Wildman–Crippen LogP) is 1.63. The smallest absolute Gasteiger partial charge is 0.222 e. The van der Waals surface area contributed by atoms with Gasteiger partial charge in [-0.2, -0.15) is 0 Å². The van der Waals surface area contributed by atoms with E-state index in [0.29, 0.717) is 19.5 Å². The van der Waals surface area contributed by atoms with Crippen LogP contribution in [0, 0.1) is 6.92 Å². The van der Waals surface area contributed by atoms with Crippen molar-refractivity contribution in [2.24, 2.45) is 0 Å². The van der Waals surface area contributed by atoms with Crippen LogP contribution in [0.4, 0.5) is 0 Å². The lowest BCUT2D eigenvalue weighted by molar-refractivity contribution is -0.128. The first-order valence-corrected chi connectivity index (χ1v) is 7.32. The molecule has 1 aromatic rings. The summed E-state index contributed by atoms with van der Waals surface area (Å²) in [5.74, 6) is 0.163. The normalized spacial score (nSPS) is 18.4. The molecule has 2 N–H and O–H groups in total. The van der Waals surface area contributed by atoms with Crippen LogP contribution in [-0.2, 0) is 4.79 Å². The van der Waals surface area contributed by atoms with Crippen molar-refractivity contribution in [3.8, 4) is 0 Å². The molecule has 0 aliphatic carbocycles. The highest BCUT2D eigenvalue weighted by Gasteiger charge is 2.22. The number of hydrogen-bond acceptors (Lipinski definition) is 3. The van der Waals surface area contributed by atoms with Gasteiger partial charge in [-0.3, -0.25) is 4.79 Å². The summed E-state index contributed by atoms with van der Waals surface area (Å²) in [5, 5.41) is 13.4. The molecule has 4 nitrogen and oxygen atoms in total. The maximum absolute atomic E-state index is 11.5. The first-order valence-electron chi connectivity index (χ1n) is 7.32. The molecule has 0 unspecified atom stereocenters. The lowest BCUT2D eigenvalue weighted by Crippen LogP contribution is -2.39. The quantitative estimate of drug-likeness (QED) is 0.830. The highest BCUT2D eigenvalue weighted by Crippen LogP contribution is 2.16. The van der Waals surface area contributed by atoms with Crippen molar-refractivity contribution in [1.82, 2.24) is 10.2 Å². The van der Waals surface area contributed by atoms with E-state index in [2.05, 4.69) is 31.3 Å². The molecule has 110 valence electrons. The van der Waals surface area contributed by atoms with Gasteiger partial charge in [0.1, 0.15) is 0 Å². The van der Waals surface area contributed by atoms with Crippen LogP contribution < -0.4 is 5.32 Å². The molecular weight excluding hydrogens is 252 g/mol. The molecule has 20 heavy (non-hydrogen) atoms. The second kappa shape index (κ2) is 6.86. The molecule has 1 aromatic carbocycles. The van der Waals surface area contributed by atoms with E-state index < -0.39 is 6.10 Å². The van der Waals surface area contributed by atoms with Gasteiger partial charge in [-0.1, -0.05) is 24.3 Å². The number of carbonyl (C=O) groups excluding carboxylic acids is 1. The van der Waals surface area contributed by atoms with Crippen LogP contribution in [-0.4, -0.2) is 41.7 Å². The summed E-state index contributed by atoms with van der Waals surface area (Å²) in [5.41, 5.74) is 2.49. The van der Waals surface area contributed by atoms with Gasteiger partial charge in [-0.15, -0.1) is 0 Å². The van der Waals surface area contributed by atoms with E-state index in [1.54, 1.807) is 4.90 Å². The van der Waals surface area contributed by atoms with E-state index in [1.807, 2.05) is 12.1 Å². The summed E-state index contributed by atoms with van der Waals surface area (Å²) in [6.45, 7) is 5.90. The molecule has 1 aliphatic rings. The number of nitrogens with zero attached hydrogens (tertiary/aromatic N) is 1. The van der Waals surface area contributed by atoms with E-state index >= 15 is 0 Å². The van der Waals surface area contributed by atoms with Crippen molar-refractivity contribution in [1.29, 1.82) is 0 Å². The molecule has 0 aromatic heterocycles. The van der Waals surface area contributed by atoms with E-state index in [1.165, 1.54) is 11.1 Å². The lowest BCUT2D eigenvalue weighted by Gasteiger charge is -2.22. The van der Waals surface area contributed by atoms with Gasteiger partial charge in [-0.25, -0.2) is 0 Å². The third-order valence-electron chi connectivity index (χ3n) is 3.92. The largest absolute Gasteiger partial charge is 0.390 e. The Labute approximate surface area is 120 Å². The fourth-order valence-corrected chi connectivity index (χ4v) is 2.71. The van der Waals surface area contributed by atoms with Gasteiger partial charge >= 0.3 is 0 Å². The van der Waals surface area contributed by atoms with E-state index in [9.17, 15) is 9.90 Å². The molecule has 0 bridgehead atoms. The second-order valence-corrected chi connectivity index (χ2v) is 5.58. The Hall–Kier alpha value is -1.39. The fraction of sp³-hybridized carbons (Fsp3) is 0.562. The number of rotatable bonds is 6. The standard InChI is InChI=1S/C16H24N2O2/c1-12-6-3-4-7-15(12)13(2)17-10-14(19)11-18-9-5-8-16(18)20/h3-4,6-7,13-14,17,19H,5,8-11H2,1-2H3/t13-,14-/m0/s1. The van der Waals surface area contributed by atoms with Gasteiger partial charge in [0, 0.05) is 32.1 Å². The molecule has 1 heterocycles. The zero-order chi connectivity index (χ0) is 14.5. The number of nitrogens with one attached hydrogen (secondary N) is 1. The van der Waals surface area contributed by atoms with E-state index in [-0.39, 0.29) is 11.9 Å². The first kappa shape index (κ1) is 15.0. The van der Waals surface area contributed by atoms with Gasteiger partial charge < -0.3 is 15.3 Å². The maximum atomic E-state index is 11.5. The van der Waals surface area contributed by atoms with Gasteiger partial charge in [0.2, 0.25) is 5.91 Å². The van der Waals surface area contributed by atoms with Crippen molar-refractivity contribution in [2.45, 2.75) is 38.8 Å². The number of aliphatic hydroxyl groups excluding tert-OH is 1. The topological polar surface area (TPSA) is 52.6 Å². The third kappa shape index (κ3) is 3.81. The summed E-state index contributed by atoms with van der Waals surface area (Å²) in [7, 11) is 0. The van der Waals surface area contributed by atoms with Crippen LogP contribution >= 0.6 is 0 Å². The van der Waals surface area contributed by atoms with Gasteiger partial charge in [0.25, 0.3) is 0 Å².